The number of nitrogens with zero attached hydrogens (tertiary/aromatic N) is 2. The molecule has 16 heavy (non-hydrogen) atoms. The Morgan fingerprint density at radius 1 is 1.38 bits per heavy atom. The molecule has 1 aromatic carbocycles. The SMILES string of the molecule is C[C@H]1CCN(N(O)Sc2ccc(O)cc2)C1. The van der Waals surface area contributed by atoms with Gasteiger partial charge in [-0.3, -0.25) is 5.21 Å². The summed E-state index contributed by atoms with van der Waals surface area (Å²) in [6.45, 7) is 3.96. The molecule has 0 bridgehead atoms. The average Bonchev–Trinajstić information content (AvgIpc) is 2.68. The quantitative estimate of drug-likeness (QED) is 0.627. The molecule has 0 radical (unpaired) electrons. The van der Waals surface area contributed by atoms with Crippen LogP contribution in [0.2, 0.25) is 0 Å². The van der Waals surface area contributed by atoms with Crippen LogP contribution in [0.4, 0.5) is 0 Å². The van der Waals surface area contributed by atoms with Gasteiger partial charge in [-0.1, -0.05) is 11.5 Å². The molecule has 1 fully saturated rings. The van der Waals surface area contributed by atoms with Crippen LogP contribution in [0.1, 0.15) is 13.3 Å². The fourth-order valence-corrected chi connectivity index (χ4v) is 2.44. The minimum Gasteiger partial charge on any atom is -0.508 e. The van der Waals surface area contributed by atoms with Crippen LogP contribution in [0.15, 0.2) is 29.2 Å². The zero-order valence-electron chi connectivity index (χ0n) is 9.21. The van der Waals surface area contributed by atoms with Gasteiger partial charge in [-0.15, -0.1) is 0 Å². The minimum atomic E-state index is 0.239. The number of hydrazine groups is 1. The van der Waals surface area contributed by atoms with E-state index in [2.05, 4.69) is 6.92 Å². The summed E-state index contributed by atoms with van der Waals surface area (Å²) in [5, 5.41) is 20.9. The molecule has 0 aliphatic carbocycles. The van der Waals surface area contributed by atoms with E-state index < -0.39 is 0 Å². The lowest BCUT2D eigenvalue weighted by Gasteiger charge is -2.23. The molecule has 0 spiro atoms. The lowest BCUT2D eigenvalue weighted by molar-refractivity contribution is -0.147. The molecule has 5 heteroatoms. The first-order valence-corrected chi connectivity index (χ1v) is 6.13. The molecule has 1 aliphatic rings. The summed E-state index contributed by atoms with van der Waals surface area (Å²) in [6.07, 6.45) is 1.12. The number of rotatable bonds is 3. The molecular weight excluding hydrogens is 224 g/mol. The molecule has 1 heterocycles. The molecular formula is C11H16N2O2S. The highest BCUT2D eigenvalue weighted by atomic mass is 32.2. The Hall–Kier alpha value is -0.750. The Bertz CT molecular complexity index is 344. The first-order valence-electron chi connectivity index (χ1n) is 5.36. The zero-order valence-corrected chi connectivity index (χ0v) is 10.0. The van der Waals surface area contributed by atoms with Gasteiger partial charge in [0.2, 0.25) is 0 Å². The van der Waals surface area contributed by atoms with E-state index in [4.69, 9.17) is 5.11 Å². The van der Waals surface area contributed by atoms with Crippen molar-refractivity contribution in [2.75, 3.05) is 13.1 Å². The van der Waals surface area contributed by atoms with Crippen LogP contribution in [0, 0.1) is 5.92 Å². The Morgan fingerprint density at radius 3 is 2.62 bits per heavy atom. The van der Waals surface area contributed by atoms with E-state index in [1.807, 2.05) is 5.01 Å². The maximum absolute atomic E-state index is 9.85. The van der Waals surface area contributed by atoms with Crippen LogP contribution in [0.25, 0.3) is 0 Å². The lowest BCUT2D eigenvalue weighted by atomic mass is 10.2. The Labute approximate surface area is 99.5 Å². The Balaban J connectivity index is 1.91. The topological polar surface area (TPSA) is 46.9 Å². The van der Waals surface area contributed by atoms with E-state index in [-0.39, 0.29) is 5.75 Å². The van der Waals surface area contributed by atoms with Crippen LogP contribution >= 0.6 is 11.9 Å². The summed E-state index contributed by atoms with van der Waals surface area (Å²) >= 11 is 1.26. The Morgan fingerprint density at radius 2 is 2.06 bits per heavy atom. The van der Waals surface area contributed by atoms with Gasteiger partial charge in [-0.25, -0.2) is 5.01 Å². The lowest BCUT2D eigenvalue weighted by Crippen LogP contribution is -2.33. The van der Waals surface area contributed by atoms with Crippen molar-refractivity contribution in [2.24, 2.45) is 5.92 Å². The van der Waals surface area contributed by atoms with Gasteiger partial charge in [-0.05, 0) is 36.6 Å². The second-order valence-electron chi connectivity index (χ2n) is 4.14. The van der Waals surface area contributed by atoms with Crippen molar-refractivity contribution >= 4 is 11.9 Å². The maximum atomic E-state index is 9.85. The molecule has 1 atom stereocenters. The van der Waals surface area contributed by atoms with Gasteiger partial charge in [-0.2, -0.15) is 0 Å². The van der Waals surface area contributed by atoms with Crippen molar-refractivity contribution in [2.45, 2.75) is 18.2 Å². The largest absolute Gasteiger partial charge is 0.508 e. The van der Waals surface area contributed by atoms with Crippen LogP contribution in [-0.4, -0.2) is 33.0 Å². The van der Waals surface area contributed by atoms with Crippen molar-refractivity contribution in [1.29, 1.82) is 0 Å². The molecule has 0 amide bonds. The van der Waals surface area contributed by atoms with Crippen molar-refractivity contribution in [3.05, 3.63) is 24.3 Å². The standard InChI is InChI=1S/C11H16N2O2S/c1-9-6-7-12(8-9)13(15)16-11-4-2-10(14)3-5-11/h2-5,9,14-15H,6-8H2,1H3/t9-/m0/s1. The van der Waals surface area contributed by atoms with E-state index in [1.54, 1.807) is 24.3 Å². The maximum Gasteiger partial charge on any atom is 0.115 e. The normalized spacial score (nSPS) is 21.8. The van der Waals surface area contributed by atoms with Gasteiger partial charge in [0.25, 0.3) is 0 Å². The van der Waals surface area contributed by atoms with Crippen LogP contribution in [0.3, 0.4) is 0 Å². The smallest absolute Gasteiger partial charge is 0.115 e. The molecule has 0 saturated carbocycles. The number of hydrogen-bond donors (Lipinski definition) is 2. The summed E-state index contributed by atoms with van der Waals surface area (Å²) in [6, 6.07) is 6.79. The highest BCUT2D eigenvalue weighted by Crippen LogP contribution is 2.27. The second kappa shape index (κ2) is 5.05. The Kier molecular flexibility index (Phi) is 3.70. The van der Waals surface area contributed by atoms with E-state index >= 15 is 0 Å². The summed E-state index contributed by atoms with van der Waals surface area (Å²) in [5.41, 5.74) is 0. The van der Waals surface area contributed by atoms with Crippen molar-refractivity contribution in [3.8, 4) is 5.75 Å². The predicted molar refractivity (Wildman–Crippen MR) is 62.9 cm³/mol. The zero-order chi connectivity index (χ0) is 11.5. The van der Waals surface area contributed by atoms with Gasteiger partial charge in [0.1, 0.15) is 5.75 Å². The molecule has 0 unspecified atom stereocenters. The minimum absolute atomic E-state index is 0.239. The first-order chi connectivity index (χ1) is 7.65. The average molecular weight is 240 g/mol. The predicted octanol–water partition coefficient (Wildman–Crippen LogP) is 2.35. The second-order valence-corrected chi connectivity index (χ2v) is 5.12. The number of benzene rings is 1. The summed E-state index contributed by atoms with van der Waals surface area (Å²) in [4.78, 5) is 0.903. The summed E-state index contributed by atoms with van der Waals surface area (Å²) in [7, 11) is 0. The molecule has 0 aromatic heterocycles. The first kappa shape index (κ1) is 11.7. The van der Waals surface area contributed by atoms with Gasteiger partial charge < -0.3 is 5.11 Å². The number of phenolic OH excluding ortho intramolecular Hbond substituents is 1. The van der Waals surface area contributed by atoms with Crippen LogP contribution in [0.5, 0.6) is 5.75 Å². The van der Waals surface area contributed by atoms with E-state index in [0.29, 0.717) is 5.92 Å². The highest BCUT2D eigenvalue weighted by molar-refractivity contribution is 7.96. The van der Waals surface area contributed by atoms with Gasteiger partial charge in [0.15, 0.2) is 0 Å². The van der Waals surface area contributed by atoms with E-state index in [9.17, 15) is 5.21 Å². The highest BCUT2D eigenvalue weighted by Gasteiger charge is 2.23. The molecule has 2 rings (SSSR count). The number of hydrogen-bond acceptors (Lipinski definition) is 5. The summed E-state index contributed by atoms with van der Waals surface area (Å²) < 4.78 is 1.19. The van der Waals surface area contributed by atoms with Gasteiger partial charge in [0, 0.05) is 29.9 Å². The van der Waals surface area contributed by atoms with Crippen molar-refractivity contribution in [1.82, 2.24) is 9.59 Å². The fourth-order valence-electron chi connectivity index (χ4n) is 1.73. The third-order valence-electron chi connectivity index (χ3n) is 2.67. The number of aromatic hydroxyl groups is 1. The van der Waals surface area contributed by atoms with Crippen molar-refractivity contribution in [3.63, 3.8) is 0 Å². The molecule has 1 aliphatic heterocycles. The molecule has 2 N–H and O–H groups in total. The van der Waals surface area contributed by atoms with Crippen molar-refractivity contribution < 1.29 is 10.3 Å². The monoisotopic (exact) mass is 240 g/mol. The fraction of sp³-hybridized carbons (Fsp3) is 0.455. The summed E-state index contributed by atoms with van der Waals surface area (Å²) in [5.74, 6) is 0.874. The van der Waals surface area contributed by atoms with Gasteiger partial charge >= 0.3 is 0 Å². The molecule has 1 aromatic rings. The molecule has 1 saturated heterocycles. The third kappa shape index (κ3) is 2.89. The van der Waals surface area contributed by atoms with E-state index in [1.165, 1.54) is 16.5 Å². The van der Waals surface area contributed by atoms with E-state index in [0.717, 1.165) is 24.4 Å². The van der Waals surface area contributed by atoms with Crippen LogP contribution in [-0.2, 0) is 0 Å². The molecule has 4 nitrogen and oxygen atoms in total. The number of phenols is 1. The molecule has 88 valence electrons. The van der Waals surface area contributed by atoms with Gasteiger partial charge in [0.05, 0.1) is 0 Å². The van der Waals surface area contributed by atoms with Crippen LogP contribution < -0.4 is 0 Å². The third-order valence-corrected chi connectivity index (χ3v) is 3.55.